The lowest BCUT2D eigenvalue weighted by Gasteiger charge is -2.44. The summed E-state index contributed by atoms with van der Waals surface area (Å²) < 4.78 is 27.2. The molecule has 1 aliphatic heterocycles. The van der Waals surface area contributed by atoms with Crippen LogP contribution in [-0.2, 0) is 6.42 Å². The van der Waals surface area contributed by atoms with Crippen LogP contribution in [0.2, 0.25) is 0 Å². The first-order chi connectivity index (χ1) is 10.0. The van der Waals surface area contributed by atoms with Crippen molar-refractivity contribution in [2.75, 3.05) is 13.1 Å². The molecule has 0 saturated carbocycles. The number of benzene rings is 1. The van der Waals surface area contributed by atoms with Gasteiger partial charge in [-0.1, -0.05) is 6.92 Å². The van der Waals surface area contributed by atoms with Crippen molar-refractivity contribution in [1.82, 2.24) is 10.3 Å². The molecule has 0 spiro atoms. The Kier molecular flexibility index (Phi) is 5.30. The molecule has 1 saturated heterocycles. The van der Waals surface area contributed by atoms with Gasteiger partial charge in [-0.2, -0.15) is 0 Å². The fourth-order valence-corrected chi connectivity index (χ4v) is 3.30. The number of nitrogens with one attached hydrogen (secondary N) is 1. The topological polar surface area (TPSA) is 41.3 Å². The van der Waals surface area contributed by atoms with Crippen LogP contribution in [0.5, 0.6) is 0 Å². The summed E-state index contributed by atoms with van der Waals surface area (Å²) in [4.78, 5) is 2.41. The van der Waals surface area contributed by atoms with Crippen molar-refractivity contribution in [2.45, 2.75) is 51.1 Å². The van der Waals surface area contributed by atoms with Crippen molar-refractivity contribution in [2.24, 2.45) is 5.84 Å². The smallest absolute Gasteiger partial charge is 0.126 e. The molecule has 0 aliphatic carbocycles. The highest BCUT2D eigenvalue weighted by atomic mass is 19.1. The molecular weight excluding hydrogens is 272 g/mol. The summed E-state index contributed by atoms with van der Waals surface area (Å²) >= 11 is 0. The Hall–Kier alpha value is -1.04. The first-order valence-corrected chi connectivity index (χ1v) is 7.66. The predicted molar refractivity (Wildman–Crippen MR) is 80.7 cm³/mol. The number of hydrogen-bond donors (Lipinski definition) is 2. The molecule has 0 aromatic heterocycles. The van der Waals surface area contributed by atoms with Crippen LogP contribution in [0.3, 0.4) is 0 Å². The van der Waals surface area contributed by atoms with Gasteiger partial charge in [-0.05, 0) is 69.5 Å². The van der Waals surface area contributed by atoms with Crippen LogP contribution in [0.25, 0.3) is 0 Å². The minimum Gasteiger partial charge on any atom is -0.296 e. The fraction of sp³-hybridized carbons (Fsp3) is 0.625. The van der Waals surface area contributed by atoms with Gasteiger partial charge in [0.15, 0.2) is 0 Å². The monoisotopic (exact) mass is 297 g/mol. The number of rotatable bonds is 6. The highest BCUT2D eigenvalue weighted by molar-refractivity contribution is 5.21. The zero-order valence-electron chi connectivity index (χ0n) is 12.8. The molecule has 1 aromatic carbocycles. The van der Waals surface area contributed by atoms with E-state index in [1.54, 1.807) is 0 Å². The van der Waals surface area contributed by atoms with Gasteiger partial charge in [0.2, 0.25) is 0 Å². The normalized spacial score (nSPS) is 20.4. The van der Waals surface area contributed by atoms with Gasteiger partial charge < -0.3 is 0 Å². The van der Waals surface area contributed by atoms with Gasteiger partial charge in [-0.25, -0.2) is 8.78 Å². The summed E-state index contributed by atoms with van der Waals surface area (Å²) in [6, 6.07) is 3.46. The van der Waals surface area contributed by atoms with Crippen molar-refractivity contribution in [1.29, 1.82) is 0 Å². The number of hydrazine groups is 1. The molecule has 5 heteroatoms. The second-order valence-electron chi connectivity index (χ2n) is 6.06. The first kappa shape index (κ1) is 16.3. The van der Waals surface area contributed by atoms with Crippen LogP contribution in [0.15, 0.2) is 18.2 Å². The van der Waals surface area contributed by atoms with E-state index in [-0.39, 0.29) is 17.4 Å². The van der Waals surface area contributed by atoms with Gasteiger partial charge in [0.25, 0.3) is 0 Å². The molecule has 21 heavy (non-hydrogen) atoms. The Morgan fingerprint density at radius 1 is 1.33 bits per heavy atom. The van der Waals surface area contributed by atoms with Crippen molar-refractivity contribution >= 4 is 0 Å². The van der Waals surface area contributed by atoms with E-state index in [9.17, 15) is 8.78 Å². The van der Waals surface area contributed by atoms with E-state index in [1.807, 2.05) is 0 Å². The summed E-state index contributed by atoms with van der Waals surface area (Å²) in [5.41, 5.74) is 3.04. The third kappa shape index (κ3) is 3.42. The Balaban J connectivity index is 2.22. The number of halogens is 2. The molecule has 2 rings (SSSR count). The number of hydrogen-bond acceptors (Lipinski definition) is 3. The van der Waals surface area contributed by atoms with Crippen molar-refractivity contribution in [3.63, 3.8) is 0 Å². The van der Waals surface area contributed by atoms with Crippen LogP contribution in [-0.4, -0.2) is 29.6 Å². The molecule has 0 radical (unpaired) electrons. The van der Waals surface area contributed by atoms with Gasteiger partial charge >= 0.3 is 0 Å². The third-order valence-corrected chi connectivity index (χ3v) is 4.93. The second kappa shape index (κ2) is 6.81. The zero-order chi connectivity index (χ0) is 15.5. The fourth-order valence-electron chi connectivity index (χ4n) is 3.30. The van der Waals surface area contributed by atoms with Gasteiger partial charge in [-0.15, -0.1) is 0 Å². The van der Waals surface area contributed by atoms with Crippen molar-refractivity contribution < 1.29 is 8.78 Å². The molecular formula is C16H25F2N3. The lowest BCUT2D eigenvalue weighted by Crippen LogP contribution is -2.61. The molecule has 2 atom stereocenters. The highest BCUT2D eigenvalue weighted by Crippen LogP contribution is 2.30. The molecule has 1 aliphatic rings. The van der Waals surface area contributed by atoms with Gasteiger partial charge in [-0.3, -0.25) is 16.2 Å². The maximum absolute atomic E-state index is 13.9. The van der Waals surface area contributed by atoms with E-state index >= 15 is 0 Å². The number of likely N-dealkylation sites (tertiary alicyclic amines) is 1. The number of nitrogens with two attached hydrogens (primary N) is 1. The molecule has 1 aromatic rings. The predicted octanol–water partition coefficient (Wildman–Crippen LogP) is 2.60. The van der Waals surface area contributed by atoms with E-state index in [0.29, 0.717) is 12.0 Å². The van der Waals surface area contributed by atoms with Crippen LogP contribution in [0, 0.1) is 11.6 Å². The van der Waals surface area contributed by atoms with E-state index in [2.05, 4.69) is 24.2 Å². The van der Waals surface area contributed by atoms with Crippen molar-refractivity contribution in [3.05, 3.63) is 35.4 Å². The quantitative estimate of drug-likeness (QED) is 0.626. The van der Waals surface area contributed by atoms with Gasteiger partial charge in [0.05, 0.1) is 0 Å². The summed E-state index contributed by atoms with van der Waals surface area (Å²) in [5, 5.41) is 0. The third-order valence-electron chi connectivity index (χ3n) is 4.93. The highest BCUT2D eigenvalue weighted by Gasteiger charge is 2.39. The Morgan fingerprint density at radius 2 is 2.00 bits per heavy atom. The molecule has 3 nitrogen and oxygen atoms in total. The van der Waals surface area contributed by atoms with Crippen LogP contribution < -0.4 is 11.3 Å². The van der Waals surface area contributed by atoms with Gasteiger partial charge in [0, 0.05) is 11.6 Å². The zero-order valence-corrected chi connectivity index (χ0v) is 12.8. The molecule has 1 heterocycles. The lowest BCUT2D eigenvalue weighted by atomic mass is 9.84. The Morgan fingerprint density at radius 3 is 2.57 bits per heavy atom. The summed E-state index contributed by atoms with van der Waals surface area (Å²) in [5.74, 6) is 4.95. The number of nitrogens with zero attached hydrogens (tertiary/aromatic N) is 1. The van der Waals surface area contributed by atoms with E-state index < -0.39 is 5.82 Å². The minimum absolute atomic E-state index is 0.128. The summed E-state index contributed by atoms with van der Waals surface area (Å²) in [7, 11) is 0. The van der Waals surface area contributed by atoms with E-state index in [0.717, 1.165) is 25.6 Å². The van der Waals surface area contributed by atoms with Crippen molar-refractivity contribution in [3.8, 4) is 0 Å². The molecule has 1 fully saturated rings. The average Bonchev–Trinajstić information content (AvgIpc) is 3.02. The van der Waals surface area contributed by atoms with E-state index in [1.165, 1.54) is 25.0 Å². The minimum atomic E-state index is -0.415. The molecule has 3 N–H and O–H groups in total. The summed E-state index contributed by atoms with van der Waals surface area (Å²) in [6.07, 6.45) is 3.64. The first-order valence-electron chi connectivity index (χ1n) is 7.66. The second-order valence-corrected chi connectivity index (χ2v) is 6.06. The van der Waals surface area contributed by atoms with Crippen LogP contribution in [0.1, 0.15) is 38.7 Å². The molecule has 0 bridgehead atoms. The van der Waals surface area contributed by atoms with E-state index in [4.69, 9.17) is 5.84 Å². The SMILES string of the molecule is CCC(C)(C(Cc1cc(F)ccc1F)NN)N1CCCC1. The average molecular weight is 297 g/mol. The maximum Gasteiger partial charge on any atom is 0.126 e. The molecule has 2 unspecified atom stereocenters. The summed E-state index contributed by atoms with van der Waals surface area (Å²) in [6.45, 7) is 6.34. The largest absolute Gasteiger partial charge is 0.296 e. The standard InChI is InChI=1S/C16H25F2N3/c1-3-16(2,21-8-4-5-9-21)15(20-19)11-12-10-13(17)6-7-14(12)18/h6-7,10,15,20H,3-5,8-9,11,19H2,1-2H3. The molecule has 118 valence electrons. The van der Waals surface area contributed by atoms with Gasteiger partial charge in [0.1, 0.15) is 11.6 Å². The maximum atomic E-state index is 13.9. The Bertz CT molecular complexity index is 475. The lowest BCUT2D eigenvalue weighted by molar-refractivity contribution is 0.0837. The van der Waals surface area contributed by atoms with Crippen LogP contribution >= 0.6 is 0 Å². The Labute approximate surface area is 125 Å². The van der Waals surface area contributed by atoms with Crippen LogP contribution in [0.4, 0.5) is 8.78 Å². The molecule has 0 amide bonds.